The van der Waals surface area contributed by atoms with Crippen molar-refractivity contribution in [2.24, 2.45) is 5.92 Å². The molecule has 9 heteroatoms. The standard InChI is InChI=1S/C19H20BrN5OS2/c1-12-5-4-8-25(9-12)19-24-17-16(28-19)18(22-11-21-17)27-10-15(26)23-14-7-3-2-6-13(14)20/h2-3,6-7,11-12H,4-5,8-10H2,1H3,(H,23,26)/t12-/m1/s1. The van der Waals surface area contributed by atoms with Crippen LogP contribution >= 0.6 is 39.0 Å². The molecule has 1 aromatic carbocycles. The molecule has 4 rings (SSSR count). The molecule has 1 amide bonds. The smallest absolute Gasteiger partial charge is 0.234 e. The largest absolute Gasteiger partial charge is 0.348 e. The molecule has 0 unspecified atom stereocenters. The Morgan fingerprint density at radius 1 is 1.39 bits per heavy atom. The van der Waals surface area contributed by atoms with Crippen molar-refractivity contribution in [3.05, 3.63) is 35.1 Å². The average molecular weight is 478 g/mol. The lowest BCUT2D eigenvalue weighted by Crippen LogP contribution is -2.34. The van der Waals surface area contributed by atoms with Crippen molar-refractivity contribution in [1.29, 1.82) is 0 Å². The van der Waals surface area contributed by atoms with Crippen LogP contribution in [0.3, 0.4) is 0 Å². The van der Waals surface area contributed by atoms with Gasteiger partial charge in [-0.1, -0.05) is 42.2 Å². The number of thioether (sulfide) groups is 1. The Hall–Kier alpha value is -1.71. The molecule has 0 saturated carbocycles. The molecular formula is C19H20BrN5OS2. The second-order valence-electron chi connectivity index (χ2n) is 6.84. The van der Waals surface area contributed by atoms with Crippen LogP contribution in [0.15, 0.2) is 40.1 Å². The highest BCUT2D eigenvalue weighted by molar-refractivity contribution is 9.10. The van der Waals surface area contributed by atoms with Gasteiger partial charge in [0.1, 0.15) is 16.1 Å². The molecule has 1 aliphatic heterocycles. The third-order valence-corrected chi connectivity index (χ3v) is 7.49. The highest BCUT2D eigenvalue weighted by atomic mass is 79.9. The number of thiazole rings is 1. The first kappa shape index (κ1) is 19.6. The number of para-hydroxylation sites is 1. The number of piperidine rings is 1. The van der Waals surface area contributed by atoms with E-state index in [-0.39, 0.29) is 11.7 Å². The van der Waals surface area contributed by atoms with E-state index < -0.39 is 0 Å². The van der Waals surface area contributed by atoms with Crippen LogP contribution in [0.2, 0.25) is 0 Å². The maximum absolute atomic E-state index is 12.3. The molecule has 1 fully saturated rings. The molecule has 3 aromatic rings. The van der Waals surface area contributed by atoms with Crippen LogP contribution in [-0.2, 0) is 4.79 Å². The Morgan fingerprint density at radius 2 is 2.25 bits per heavy atom. The predicted octanol–water partition coefficient (Wildman–Crippen LogP) is 4.82. The summed E-state index contributed by atoms with van der Waals surface area (Å²) in [6.45, 7) is 4.35. The normalized spacial score (nSPS) is 17.1. The number of hydrogen-bond donors (Lipinski definition) is 1. The first-order valence-corrected chi connectivity index (χ1v) is 11.7. The zero-order valence-electron chi connectivity index (χ0n) is 15.4. The number of nitrogens with zero attached hydrogens (tertiary/aromatic N) is 4. The van der Waals surface area contributed by atoms with Crippen molar-refractivity contribution < 1.29 is 4.79 Å². The lowest BCUT2D eigenvalue weighted by Gasteiger charge is -2.30. The Kier molecular flexibility index (Phi) is 6.13. The summed E-state index contributed by atoms with van der Waals surface area (Å²) in [4.78, 5) is 28.1. The summed E-state index contributed by atoms with van der Waals surface area (Å²) < 4.78 is 1.81. The van der Waals surface area contributed by atoms with Crippen molar-refractivity contribution >= 4 is 66.1 Å². The number of anilines is 2. The van der Waals surface area contributed by atoms with Gasteiger partial charge in [0, 0.05) is 17.6 Å². The van der Waals surface area contributed by atoms with Gasteiger partial charge in [-0.25, -0.2) is 9.97 Å². The van der Waals surface area contributed by atoms with E-state index in [1.54, 1.807) is 11.3 Å². The van der Waals surface area contributed by atoms with Gasteiger partial charge < -0.3 is 10.2 Å². The van der Waals surface area contributed by atoms with Crippen LogP contribution in [0.5, 0.6) is 0 Å². The van der Waals surface area contributed by atoms with Gasteiger partial charge in [-0.15, -0.1) is 0 Å². The topological polar surface area (TPSA) is 71.0 Å². The van der Waals surface area contributed by atoms with Crippen LogP contribution in [0.25, 0.3) is 10.3 Å². The van der Waals surface area contributed by atoms with Crippen molar-refractivity contribution in [3.63, 3.8) is 0 Å². The fourth-order valence-electron chi connectivity index (χ4n) is 3.21. The van der Waals surface area contributed by atoms with Crippen LogP contribution in [0, 0.1) is 5.92 Å². The van der Waals surface area contributed by atoms with E-state index in [1.807, 2.05) is 24.3 Å². The second-order valence-corrected chi connectivity index (χ2v) is 9.63. The summed E-state index contributed by atoms with van der Waals surface area (Å²) in [5.41, 5.74) is 1.47. The van der Waals surface area contributed by atoms with Gasteiger partial charge in [-0.2, -0.15) is 4.98 Å². The average Bonchev–Trinajstić information content (AvgIpc) is 3.13. The SMILES string of the molecule is C[C@@H]1CCCN(c2nc3ncnc(SCC(=O)Nc4ccccc4Br)c3s2)C1. The molecule has 1 atom stereocenters. The third kappa shape index (κ3) is 4.47. The fraction of sp³-hybridized carbons (Fsp3) is 0.368. The summed E-state index contributed by atoms with van der Waals surface area (Å²) in [7, 11) is 0. The first-order valence-electron chi connectivity index (χ1n) is 9.14. The lowest BCUT2D eigenvalue weighted by molar-refractivity contribution is -0.113. The van der Waals surface area contributed by atoms with E-state index in [9.17, 15) is 4.79 Å². The van der Waals surface area contributed by atoms with Crippen molar-refractivity contribution in [3.8, 4) is 0 Å². The molecule has 3 heterocycles. The summed E-state index contributed by atoms with van der Waals surface area (Å²) >= 11 is 6.48. The van der Waals surface area contributed by atoms with Crippen molar-refractivity contribution in [2.75, 3.05) is 29.1 Å². The molecule has 0 spiro atoms. The molecule has 1 N–H and O–H groups in total. The molecule has 0 radical (unpaired) electrons. The highest BCUT2D eigenvalue weighted by Crippen LogP contribution is 2.35. The Bertz CT molecular complexity index is 995. The van der Waals surface area contributed by atoms with Crippen molar-refractivity contribution in [1.82, 2.24) is 15.0 Å². The summed E-state index contributed by atoms with van der Waals surface area (Å²) in [5, 5.41) is 4.73. The Labute approximate surface area is 180 Å². The number of rotatable bonds is 5. The van der Waals surface area contributed by atoms with E-state index in [0.29, 0.717) is 11.6 Å². The summed E-state index contributed by atoms with van der Waals surface area (Å²) in [6, 6.07) is 7.57. The molecule has 146 valence electrons. The number of carbonyl (C=O) groups excluding carboxylic acids is 1. The lowest BCUT2D eigenvalue weighted by atomic mass is 10.0. The van der Waals surface area contributed by atoms with Gasteiger partial charge in [0.05, 0.1) is 11.4 Å². The van der Waals surface area contributed by atoms with Gasteiger partial charge in [0.25, 0.3) is 0 Å². The van der Waals surface area contributed by atoms with Crippen LogP contribution < -0.4 is 10.2 Å². The molecular weight excluding hydrogens is 458 g/mol. The van der Waals surface area contributed by atoms with Gasteiger partial charge >= 0.3 is 0 Å². The zero-order chi connectivity index (χ0) is 19.5. The van der Waals surface area contributed by atoms with E-state index in [2.05, 4.69) is 43.0 Å². The highest BCUT2D eigenvalue weighted by Gasteiger charge is 2.21. The van der Waals surface area contributed by atoms with E-state index in [1.165, 1.54) is 30.9 Å². The van der Waals surface area contributed by atoms with Gasteiger partial charge in [0.15, 0.2) is 10.8 Å². The van der Waals surface area contributed by atoms with E-state index in [4.69, 9.17) is 4.98 Å². The van der Waals surface area contributed by atoms with Crippen molar-refractivity contribution in [2.45, 2.75) is 24.8 Å². The van der Waals surface area contributed by atoms with E-state index in [0.717, 1.165) is 38.1 Å². The molecule has 0 bridgehead atoms. The fourth-order valence-corrected chi connectivity index (χ4v) is 5.52. The molecule has 1 saturated heterocycles. The Balaban J connectivity index is 1.46. The number of fused-ring (bicyclic) bond motifs is 1. The number of hydrogen-bond acceptors (Lipinski definition) is 7. The minimum Gasteiger partial charge on any atom is -0.348 e. The zero-order valence-corrected chi connectivity index (χ0v) is 18.6. The minimum absolute atomic E-state index is 0.0711. The van der Waals surface area contributed by atoms with Crippen LogP contribution in [0.4, 0.5) is 10.8 Å². The maximum Gasteiger partial charge on any atom is 0.234 e. The quantitative estimate of drug-likeness (QED) is 0.419. The van der Waals surface area contributed by atoms with Gasteiger partial charge in [-0.05, 0) is 46.8 Å². The molecule has 2 aromatic heterocycles. The van der Waals surface area contributed by atoms with E-state index >= 15 is 0 Å². The number of amides is 1. The molecule has 0 aliphatic carbocycles. The van der Waals surface area contributed by atoms with Gasteiger partial charge in [0.2, 0.25) is 5.91 Å². The number of aromatic nitrogens is 3. The molecule has 1 aliphatic rings. The first-order chi connectivity index (χ1) is 13.6. The minimum atomic E-state index is -0.0711. The number of benzene rings is 1. The van der Waals surface area contributed by atoms with Gasteiger partial charge in [-0.3, -0.25) is 4.79 Å². The van der Waals surface area contributed by atoms with Crippen LogP contribution in [0.1, 0.15) is 19.8 Å². The predicted molar refractivity (Wildman–Crippen MR) is 119 cm³/mol. The second kappa shape index (κ2) is 8.75. The summed E-state index contributed by atoms with van der Waals surface area (Å²) in [6.07, 6.45) is 3.99. The maximum atomic E-state index is 12.3. The van der Waals surface area contributed by atoms with Crippen LogP contribution in [-0.4, -0.2) is 39.7 Å². The monoisotopic (exact) mass is 477 g/mol. The number of nitrogens with one attached hydrogen (secondary N) is 1. The Morgan fingerprint density at radius 3 is 3.07 bits per heavy atom. The molecule has 28 heavy (non-hydrogen) atoms. The number of halogens is 1. The third-order valence-electron chi connectivity index (χ3n) is 4.56. The molecule has 6 nitrogen and oxygen atoms in total. The number of carbonyl (C=O) groups is 1. The summed E-state index contributed by atoms with van der Waals surface area (Å²) in [5.74, 6) is 0.890.